The van der Waals surface area contributed by atoms with Crippen molar-refractivity contribution < 1.29 is 13.6 Å². The zero-order chi connectivity index (χ0) is 17.9. The van der Waals surface area contributed by atoms with Crippen LogP contribution in [-0.4, -0.2) is 16.1 Å². The van der Waals surface area contributed by atoms with Crippen LogP contribution in [0.4, 0.5) is 10.4 Å². The van der Waals surface area contributed by atoms with E-state index in [9.17, 15) is 9.18 Å². The molecule has 5 nitrogen and oxygen atoms in total. The van der Waals surface area contributed by atoms with Crippen LogP contribution in [0.5, 0.6) is 0 Å². The second-order valence-electron chi connectivity index (χ2n) is 5.78. The highest BCUT2D eigenvalue weighted by Crippen LogP contribution is 2.21. The number of rotatable bonds is 4. The van der Waals surface area contributed by atoms with Crippen LogP contribution < -0.4 is 5.32 Å². The summed E-state index contributed by atoms with van der Waals surface area (Å²) >= 11 is 0. The number of benzene rings is 3. The van der Waals surface area contributed by atoms with Gasteiger partial charge in [-0.05, 0) is 40.6 Å². The van der Waals surface area contributed by atoms with Gasteiger partial charge in [-0.2, -0.15) is 0 Å². The van der Waals surface area contributed by atoms with Crippen LogP contribution in [0.1, 0.15) is 5.56 Å². The molecule has 0 saturated carbocycles. The summed E-state index contributed by atoms with van der Waals surface area (Å²) in [5.41, 5.74) is 1.49. The van der Waals surface area contributed by atoms with Crippen molar-refractivity contribution >= 4 is 22.7 Å². The van der Waals surface area contributed by atoms with Gasteiger partial charge in [-0.1, -0.05) is 47.6 Å². The van der Waals surface area contributed by atoms with E-state index in [1.165, 1.54) is 24.3 Å². The Morgan fingerprint density at radius 2 is 1.73 bits per heavy atom. The summed E-state index contributed by atoms with van der Waals surface area (Å²) in [5, 5.41) is 12.4. The molecule has 1 aromatic heterocycles. The fourth-order valence-corrected chi connectivity index (χ4v) is 2.77. The Labute approximate surface area is 148 Å². The lowest BCUT2D eigenvalue weighted by atomic mass is 10.0. The molecule has 0 bridgehead atoms. The second kappa shape index (κ2) is 6.76. The molecule has 0 unspecified atom stereocenters. The van der Waals surface area contributed by atoms with E-state index in [-0.39, 0.29) is 30.1 Å². The van der Waals surface area contributed by atoms with E-state index >= 15 is 0 Å². The molecular formula is C20H14FN3O2. The Morgan fingerprint density at radius 3 is 2.58 bits per heavy atom. The zero-order valence-electron chi connectivity index (χ0n) is 13.6. The molecule has 0 aliphatic heterocycles. The highest BCUT2D eigenvalue weighted by molar-refractivity contribution is 5.95. The maximum Gasteiger partial charge on any atom is 0.322 e. The monoisotopic (exact) mass is 347 g/mol. The molecule has 26 heavy (non-hydrogen) atoms. The molecule has 1 amide bonds. The van der Waals surface area contributed by atoms with Gasteiger partial charge in [0.1, 0.15) is 5.82 Å². The second-order valence-corrected chi connectivity index (χ2v) is 5.78. The van der Waals surface area contributed by atoms with E-state index in [2.05, 4.69) is 15.5 Å². The lowest BCUT2D eigenvalue weighted by Gasteiger charge is -2.05. The van der Waals surface area contributed by atoms with Crippen LogP contribution in [0.2, 0.25) is 0 Å². The number of amides is 1. The molecule has 0 fully saturated rings. The first-order chi connectivity index (χ1) is 12.7. The predicted molar refractivity (Wildman–Crippen MR) is 96.0 cm³/mol. The number of aromatic nitrogens is 2. The van der Waals surface area contributed by atoms with Crippen LogP contribution in [0, 0.1) is 5.82 Å². The predicted octanol–water partition coefficient (Wildman–Crippen LogP) is 4.21. The van der Waals surface area contributed by atoms with Gasteiger partial charge in [0.15, 0.2) is 0 Å². The van der Waals surface area contributed by atoms with Gasteiger partial charge in [0, 0.05) is 5.56 Å². The highest BCUT2D eigenvalue weighted by atomic mass is 19.1. The molecule has 0 saturated heterocycles. The smallest absolute Gasteiger partial charge is 0.322 e. The highest BCUT2D eigenvalue weighted by Gasteiger charge is 2.13. The largest absolute Gasteiger partial charge is 0.403 e. The minimum Gasteiger partial charge on any atom is -0.403 e. The molecule has 6 heteroatoms. The minimum absolute atomic E-state index is 0.00885. The number of halogens is 1. The van der Waals surface area contributed by atoms with E-state index in [1.807, 2.05) is 42.5 Å². The Bertz CT molecular complexity index is 1070. The van der Waals surface area contributed by atoms with Gasteiger partial charge in [0.25, 0.3) is 0 Å². The zero-order valence-corrected chi connectivity index (χ0v) is 13.6. The normalized spacial score (nSPS) is 10.8. The minimum atomic E-state index is -0.350. The van der Waals surface area contributed by atoms with E-state index < -0.39 is 0 Å². The quantitative estimate of drug-likeness (QED) is 0.600. The summed E-state index contributed by atoms with van der Waals surface area (Å²) in [6, 6.07) is 19.4. The first-order valence-corrected chi connectivity index (χ1v) is 8.05. The summed E-state index contributed by atoms with van der Waals surface area (Å²) < 4.78 is 18.4. The third kappa shape index (κ3) is 3.30. The van der Waals surface area contributed by atoms with Crippen LogP contribution in [-0.2, 0) is 11.2 Å². The van der Waals surface area contributed by atoms with Crippen molar-refractivity contribution in [3.63, 3.8) is 0 Å². The van der Waals surface area contributed by atoms with Crippen molar-refractivity contribution in [2.24, 2.45) is 0 Å². The van der Waals surface area contributed by atoms with Crippen molar-refractivity contribution in [1.82, 2.24) is 10.2 Å². The number of hydrogen-bond acceptors (Lipinski definition) is 4. The van der Waals surface area contributed by atoms with Crippen molar-refractivity contribution in [3.05, 3.63) is 78.1 Å². The van der Waals surface area contributed by atoms with Crippen molar-refractivity contribution in [2.45, 2.75) is 6.42 Å². The van der Waals surface area contributed by atoms with E-state index in [4.69, 9.17) is 4.42 Å². The third-order valence-corrected chi connectivity index (χ3v) is 3.99. The fourth-order valence-electron chi connectivity index (χ4n) is 2.77. The van der Waals surface area contributed by atoms with Gasteiger partial charge < -0.3 is 4.42 Å². The number of carbonyl (C=O) groups is 1. The van der Waals surface area contributed by atoms with E-state index in [0.29, 0.717) is 5.56 Å². The van der Waals surface area contributed by atoms with Gasteiger partial charge in [0.2, 0.25) is 11.8 Å². The standard InChI is InChI=1S/C20H14FN3O2/c21-16-10-8-14(9-11-16)19-23-24-20(26-19)22-18(25)12-15-6-3-5-13-4-1-2-7-17(13)15/h1-11H,12H2,(H,22,24,25). The molecule has 0 atom stereocenters. The van der Waals surface area contributed by atoms with Gasteiger partial charge in [-0.15, -0.1) is 5.10 Å². The average Bonchev–Trinajstić information content (AvgIpc) is 3.11. The Morgan fingerprint density at radius 1 is 0.962 bits per heavy atom. The molecule has 1 heterocycles. The van der Waals surface area contributed by atoms with Crippen LogP contribution in [0.15, 0.2) is 71.1 Å². The topological polar surface area (TPSA) is 68.0 Å². The first-order valence-electron chi connectivity index (χ1n) is 8.05. The molecule has 3 aromatic carbocycles. The molecule has 0 aliphatic carbocycles. The number of fused-ring (bicyclic) bond motifs is 1. The summed E-state index contributed by atoms with van der Waals surface area (Å²) in [5.74, 6) is -0.391. The SMILES string of the molecule is O=C(Cc1cccc2ccccc12)Nc1nnc(-c2ccc(F)cc2)o1. The number of nitrogens with one attached hydrogen (secondary N) is 1. The van der Waals surface area contributed by atoms with Crippen LogP contribution in [0.25, 0.3) is 22.2 Å². The summed E-state index contributed by atoms with van der Waals surface area (Å²) in [6.07, 6.45) is 0.190. The number of hydrogen-bond donors (Lipinski definition) is 1. The molecule has 4 rings (SSSR count). The Kier molecular flexibility index (Phi) is 4.15. The Hall–Kier alpha value is -3.54. The first kappa shape index (κ1) is 16.0. The van der Waals surface area contributed by atoms with Gasteiger partial charge in [0.05, 0.1) is 6.42 Å². The maximum atomic E-state index is 13.0. The van der Waals surface area contributed by atoms with Gasteiger partial charge in [-0.3, -0.25) is 10.1 Å². The lowest BCUT2D eigenvalue weighted by Crippen LogP contribution is -2.14. The van der Waals surface area contributed by atoms with Crippen molar-refractivity contribution in [3.8, 4) is 11.5 Å². The molecular weight excluding hydrogens is 333 g/mol. The molecule has 0 aliphatic rings. The average molecular weight is 347 g/mol. The number of anilines is 1. The van der Waals surface area contributed by atoms with Gasteiger partial charge >= 0.3 is 6.01 Å². The lowest BCUT2D eigenvalue weighted by molar-refractivity contribution is -0.115. The van der Waals surface area contributed by atoms with Gasteiger partial charge in [-0.25, -0.2) is 4.39 Å². The molecule has 1 N–H and O–H groups in total. The third-order valence-electron chi connectivity index (χ3n) is 3.99. The van der Waals surface area contributed by atoms with Crippen molar-refractivity contribution in [2.75, 3.05) is 5.32 Å². The molecule has 4 aromatic rings. The van der Waals surface area contributed by atoms with E-state index in [0.717, 1.165) is 16.3 Å². The molecule has 128 valence electrons. The Balaban J connectivity index is 1.49. The summed E-state index contributed by atoms with van der Waals surface area (Å²) in [6.45, 7) is 0. The number of nitrogens with zero attached hydrogens (tertiary/aromatic N) is 2. The number of carbonyl (C=O) groups excluding carboxylic acids is 1. The van der Waals surface area contributed by atoms with E-state index in [1.54, 1.807) is 0 Å². The van der Waals surface area contributed by atoms with Crippen LogP contribution in [0.3, 0.4) is 0 Å². The summed E-state index contributed by atoms with van der Waals surface area (Å²) in [4.78, 5) is 12.3. The van der Waals surface area contributed by atoms with Crippen LogP contribution >= 0.6 is 0 Å². The summed E-state index contributed by atoms with van der Waals surface area (Å²) in [7, 11) is 0. The maximum absolute atomic E-state index is 13.0. The van der Waals surface area contributed by atoms with Crippen molar-refractivity contribution in [1.29, 1.82) is 0 Å². The molecule has 0 radical (unpaired) electrons. The fraction of sp³-hybridized carbons (Fsp3) is 0.0500. The molecule has 0 spiro atoms.